The highest BCUT2D eigenvalue weighted by molar-refractivity contribution is 6.62. The van der Waals surface area contributed by atoms with Gasteiger partial charge in [-0.3, -0.25) is 4.98 Å². The van der Waals surface area contributed by atoms with Crippen LogP contribution in [0.1, 0.15) is 39.3 Å². The number of alkyl halides is 10. The highest BCUT2D eigenvalue weighted by Gasteiger charge is 2.64. The normalized spacial score (nSPS) is 17.7. The van der Waals surface area contributed by atoms with E-state index in [1.807, 2.05) is 27.7 Å². The summed E-state index contributed by atoms with van der Waals surface area (Å²) in [6.45, 7) is 7.50. The molecule has 1 aliphatic rings. The average molecular weight is 596 g/mol. The number of benzene rings is 1. The summed E-state index contributed by atoms with van der Waals surface area (Å²) >= 11 is 0. The van der Waals surface area contributed by atoms with Crippen LogP contribution in [0.15, 0.2) is 42.6 Å². The van der Waals surface area contributed by atoms with Gasteiger partial charge in [0.25, 0.3) is 0 Å². The van der Waals surface area contributed by atoms with Gasteiger partial charge in [-0.25, -0.2) is 15.0 Å². The van der Waals surface area contributed by atoms with Gasteiger partial charge in [-0.1, -0.05) is 24.3 Å². The van der Waals surface area contributed by atoms with Crippen molar-refractivity contribution in [2.45, 2.75) is 63.1 Å². The molecule has 0 bridgehead atoms. The summed E-state index contributed by atoms with van der Waals surface area (Å²) in [5, 5.41) is 0. The third-order valence-corrected chi connectivity index (χ3v) is 6.66. The Bertz CT molecular complexity index is 1370. The van der Waals surface area contributed by atoms with Crippen molar-refractivity contribution in [2.75, 3.05) is 0 Å². The molecule has 41 heavy (non-hydrogen) atoms. The fourth-order valence-corrected chi connectivity index (χ4v) is 3.53. The highest BCUT2D eigenvalue weighted by atomic mass is 19.4. The molecular weight excluding hydrogens is 577 g/mol. The Labute approximate surface area is 226 Å². The van der Waals surface area contributed by atoms with Crippen molar-refractivity contribution in [1.82, 2.24) is 19.9 Å². The zero-order valence-electron chi connectivity index (χ0n) is 21.5. The van der Waals surface area contributed by atoms with Crippen LogP contribution in [0.25, 0.3) is 22.6 Å². The summed E-state index contributed by atoms with van der Waals surface area (Å²) in [5.74, 6) is -18.5. The molecule has 0 atom stereocenters. The molecule has 3 heterocycles. The Morgan fingerprint density at radius 2 is 1.05 bits per heavy atom. The smallest absolute Gasteiger partial charge is 0.399 e. The Morgan fingerprint density at radius 1 is 0.610 bits per heavy atom. The molecule has 0 saturated carbocycles. The zero-order valence-corrected chi connectivity index (χ0v) is 21.5. The van der Waals surface area contributed by atoms with Gasteiger partial charge >= 0.3 is 31.3 Å². The first-order valence-corrected chi connectivity index (χ1v) is 11.7. The molecule has 2 aromatic heterocycles. The quantitative estimate of drug-likeness (QED) is 0.258. The van der Waals surface area contributed by atoms with Gasteiger partial charge in [-0.05, 0) is 45.3 Å². The van der Waals surface area contributed by atoms with E-state index in [9.17, 15) is 43.9 Å². The van der Waals surface area contributed by atoms with E-state index in [0.717, 1.165) is 12.3 Å². The third kappa shape index (κ3) is 5.48. The molecule has 3 aromatic rings. The molecule has 17 heteroatoms. The maximum absolute atomic E-state index is 13.9. The topological polar surface area (TPSA) is 70.0 Å². The monoisotopic (exact) mass is 596 g/mol. The summed E-state index contributed by atoms with van der Waals surface area (Å²) in [6.07, 6.45) is -12.0. The molecule has 0 N–H and O–H groups in total. The van der Waals surface area contributed by atoms with Crippen LogP contribution in [0.4, 0.5) is 43.9 Å². The van der Waals surface area contributed by atoms with E-state index in [1.165, 1.54) is 6.07 Å². The lowest BCUT2D eigenvalue weighted by atomic mass is 9.79. The second-order valence-electron chi connectivity index (χ2n) is 10.1. The van der Waals surface area contributed by atoms with E-state index in [1.54, 1.807) is 24.3 Å². The first-order chi connectivity index (χ1) is 18.6. The Kier molecular flexibility index (Phi) is 7.18. The van der Waals surface area contributed by atoms with Gasteiger partial charge in [-0.15, -0.1) is 0 Å². The van der Waals surface area contributed by atoms with Gasteiger partial charge in [0.2, 0.25) is 11.6 Å². The van der Waals surface area contributed by atoms with Crippen LogP contribution in [0.2, 0.25) is 0 Å². The first kappa shape index (κ1) is 30.6. The first-order valence-electron chi connectivity index (χ1n) is 11.7. The van der Waals surface area contributed by atoms with Crippen molar-refractivity contribution in [2.24, 2.45) is 0 Å². The summed E-state index contributed by atoms with van der Waals surface area (Å²) in [7, 11) is -0.665. The molecule has 1 fully saturated rings. The predicted octanol–water partition coefficient (Wildman–Crippen LogP) is 6.21. The largest absolute Gasteiger partial charge is 0.494 e. The fraction of sp³-hybridized carbons (Fsp3) is 0.417. The van der Waals surface area contributed by atoms with Crippen molar-refractivity contribution in [1.29, 1.82) is 0 Å². The van der Waals surface area contributed by atoms with Gasteiger partial charge in [0.15, 0.2) is 5.82 Å². The third-order valence-electron chi connectivity index (χ3n) is 6.66. The van der Waals surface area contributed by atoms with Crippen LogP contribution in [0, 0.1) is 0 Å². The molecule has 1 aromatic carbocycles. The van der Waals surface area contributed by atoms with E-state index in [0.29, 0.717) is 11.0 Å². The standard InChI is InChI=1S/C24H19BF10N4O2/c1-19(2)20(3,4)41-25(40-19)14-8-5-12(6-9-14)15-10-7-13(11-36-15)16-37-17(21(26,27)23(30,31)32)39-18(38-16)22(28,29)24(33,34)35/h5-11H,1-4H3. The van der Waals surface area contributed by atoms with Crippen molar-refractivity contribution >= 4 is 12.6 Å². The summed E-state index contributed by atoms with van der Waals surface area (Å²) in [5.41, 5.74) is -0.312. The van der Waals surface area contributed by atoms with Gasteiger partial charge in [0, 0.05) is 17.3 Å². The van der Waals surface area contributed by atoms with E-state index < -0.39 is 65.6 Å². The second-order valence-corrected chi connectivity index (χ2v) is 10.1. The van der Waals surface area contributed by atoms with Crippen LogP contribution in [0.5, 0.6) is 0 Å². The molecule has 0 amide bonds. The van der Waals surface area contributed by atoms with Crippen LogP contribution in [-0.2, 0) is 21.2 Å². The van der Waals surface area contributed by atoms with Gasteiger partial charge in [-0.2, -0.15) is 43.9 Å². The molecule has 0 spiro atoms. The second kappa shape index (κ2) is 9.61. The Morgan fingerprint density at radius 3 is 1.44 bits per heavy atom. The number of pyridine rings is 1. The minimum absolute atomic E-state index is 0.227. The number of hydrogen-bond acceptors (Lipinski definition) is 6. The van der Waals surface area contributed by atoms with Crippen molar-refractivity contribution < 1.29 is 53.2 Å². The molecule has 0 unspecified atom stereocenters. The van der Waals surface area contributed by atoms with Gasteiger partial charge < -0.3 is 9.31 Å². The van der Waals surface area contributed by atoms with E-state index in [4.69, 9.17) is 9.31 Å². The number of nitrogens with zero attached hydrogens (tertiary/aromatic N) is 4. The summed E-state index contributed by atoms with van der Waals surface area (Å²) in [6, 6.07) is 8.81. The fourth-order valence-electron chi connectivity index (χ4n) is 3.53. The van der Waals surface area contributed by atoms with Crippen LogP contribution in [0.3, 0.4) is 0 Å². The zero-order chi connectivity index (χ0) is 30.8. The Balaban J connectivity index is 1.68. The molecule has 220 valence electrons. The van der Waals surface area contributed by atoms with E-state index in [-0.39, 0.29) is 5.69 Å². The molecular formula is C24H19BF10N4O2. The van der Waals surface area contributed by atoms with Crippen molar-refractivity contribution in [3.63, 3.8) is 0 Å². The minimum atomic E-state index is -6.40. The molecule has 0 radical (unpaired) electrons. The van der Waals surface area contributed by atoms with Crippen LogP contribution in [-0.4, -0.2) is 50.6 Å². The molecule has 4 rings (SSSR count). The maximum Gasteiger partial charge on any atom is 0.494 e. The summed E-state index contributed by atoms with van der Waals surface area (Å²) in [4.78, 5) is 11.9. The minimum Gasteiger partial charge on any atom is -0.399 e. The number of aromatic nitrogens is 4. The van der Waals surface area contributed by atoms with E-state index in [2.05, 4.69) is 19.9 Å². The Hall–Kier alpha value is -3.34. The van der Waals surface area contributed by atoms with Crippen LogP contribution >= 0.6 is 0 Å². The summed E-state index contributed by atoms with van der Waals surface area (Å²) < 4.78 is 145. The van der Waals surface area contributed by atoms with Gasteiger partial charge in [0.1, 0.15) is 0 Å². The average Bonchev–Trinajstić information content (AvgIpc) is 3.09. The molecule has 6 nitrogen and oxygen atoms in total. The van der Waals surface area contributed by atoms with Crippen molar-refractivity contribution in [3.05, 3.63) is 54.2 Å². The lowest BCUT2D eigenvalue weighted by molar-refractivity contribution is -0.297. The molecule has 1 aliphatic heterocycles. The van der Waals surface area contributed by atoms with E-state index >= 15 is 0 Å². The maximum atomic E-state index is 13.9. The highest BCUT2D eigenvalue weighted by Crippen LogP contribution is 2.46. The molecule has 1 saturated heterocycles. The van der Waals surface area contributed by atoms with Gasteiger partial charge in [0.05, 0.1) is 16.9 Å². The molecule has 0 aliphatic carbocycles. The number of hydrogen-bond donors (Lipinski definition) is 0. The number of rotatable bonds is 5. The number of halogens is 10. The lowest BCUT2D eigenvalue weighted by Crippen LogP contribution is -2.41. The SMILES string of the molecule is CC1(C)OB(c2ccc(-c3ccc(-c4nc(C(F)(F)C(F)(F)F)nc(C(F)(F)C(F)(F)F)n4)cn3)cc2)OC1(C)C. The van der Waals surface area contributed by atoms with Crippen LogP contribution < -0.4 is 5.46 Å². The van der Waals surface area contributed by atoms with Crippen molar-refractivity contribution in [3.8, 4) is 22.6 Å². The predicted molar refractivity (Wildman–Crippen MR) is 124 cm³/mol. The lowest BCUT2D eigenvalue weighted by Gasteiger charge is -2.32.